The van der Waals surface area contributed by atoms with Crippen molar-refractivity contribution in [3.05, 3.63) is 34.7 Å². The van der Waals surface area contributed by atoms with Crippen LogP contribution in [0.1, 0.15) is 6.42 Å². The van der Waals surface area contributed by atoms with Crippen molar-refractivity contribution in [3.8, 4) is 11.3 Å². The van der Waals surface area contributed by atoms with Gasteiger partial charge in [0.25, 0.3) is 0 Å². The van der Waals surface area contributed by atoms with Crippen molar-refractivity contribution >= 4 is 43.8 Å². The van der Waals surface area contributed by atoms with Crippen LogP contribution in [0.25, 0.3) is 11.3 Å². The van der Waals surface area contributed by atoms with Crippen molar-refractivity contribution in [1.82, 2.24) is 4.98 Å². The molecule has 1 atom stereocenters. The molecule has 1 aliphatic heterocycles. The number of benzene rings is 1. The Hall–Kier alpha value is -1.44. The number of thiazole rings is 1. The fourth-order valence-corrected chi connectivity index (χ4v) is 4.88. The summed E-state index contributed by atoms with van der Waals surface area (Å²) in [6, 6.07) is 7.26. The highest BCUT2D eigenvalue weighted by molar-refractivity contribution is 7.91. The normalized spacial score (nSPS) is 20.0. The van der Waals surface area contributed by atoms with Gasteiger partial charge in [-0.3, -0.25) is 4.79 Å². The number of sulfone groups is 1. The molecule has 0 spiro atoms. The molecule has 1 saturated heterocycles. The first-order valence-electron chi connectivity index (χ1n) is 6.66. The first kappa shape index (κ1) is 15.5. The second-order valence-corrected chi connectivity index (χ2v) is 8.66. The maximum Gasteiger partial charge on any atom is 0.230 e. The van der Waals surface area contributed by atoms with Crippen LogP contribution in [0.3, 0.4) is 0 Å². The third-order valence-corrected chi connectivity index (χ3v) is 6.26. The molecule has 22 heavy (non-hydrogen) atoms. The standard InChI is InChI=1S/C14H13ClN2O3S2/c15-11-3-1-9(2-4-11)12-7-21-14(16-12)17-13(18)10-5-6-22(19,20)8-10/h1-4,7,10H,5-6,8H2,(H,16,17,18). The molecule has 1 N–H and O–H groups in total. The van der Waals surface area contributed by atoms with Crippen molar-refractivity contribution in [3.63, 3.8) is 0 Å². The SMILES string of the molecule is O=C(Nc1nc(-c2ccc(Cl)cc2)cs1)C1CCS(=O)(=O)C1. The summed E-state index contributed by atoms with van der Waals surface area (Å²) in [4.78, 5) is 16.4. The number of anilines is 1. The van der Waals surface area contributed by atoms with Crippen LogP contribution in [-0.4, -0.2) is 30.8 Å². The molecule has 2 heterocycles. The Morgan fingerprint density at radius 3 is 2.68 bits per heavy atom. The van der Waals surface area contributed by atoms with Gasteiger partial charge in [-0.1, -0.05) is 23.7 Å². The maximum absolute atomic E-state index is 12.1. The van der Waals surface area contributed by atoms with Gasteiger partial charge >= 0.3 is 0 Å². The third kappa shape index (κ3) is 3.48. The Balaban J connectivity index is 1.69. The zero-order valence-electron chi connectivity index (χ0n) is 11.5. The molecule has 1 amide bonds. The largest absolute Gasteiger partial charge is 0.302 e. The smallest absolute Gasteiger partial charge is 0.230 e. The monoisotopic (exact) mass is 356 g/mol. The molecule has 1 aromatic heterocycles. The first-order chi connectivity index (χ1) is 10.4. The molecule has 0 radical (unpaired) electrons. The van der Waals surface area contributed by atoms with E-state index in [2.05, 4.69) is 10.3 Å². The average molecular weight is 357 g/mol. The molecule has 1 aromatic carbocycles. The fraction of sp³-hybridized carbons (Fsp3) is 0.286. The Kier molecular flexibility index (Phi) is 4.20. The van der Waals surface area contributed by atoms with E-state index < -0.39 is 15.8 Å². The number of hydrogen-bond acceptors (Lipinski definition) is 5. The van der Waals surface area contributed by atoms with E-state index in [-0.39, 0.29) is 17.4 Å². The van der Waals surface area contributed by atoms with Gasteiger partial charge in [0.1, 0.15) is 0 Å². The molecule has 1 fully saturated rings. The molecular weight excluding hydrogens is 344 g/mol. The van der Waals surface area contributed by atoms with Crippen LogP contribution < -0.4 is 5.32 Å². The highest BCUT2D eigenvalue weighted by atomic mass is 35.5. The van der Waals surface area contributed by atoms with Crippen LogP contribution in [0.15, 0.2) is 29.6 Å². The molecule has 0 saturated carbocycles. The Labute approximate surface area is 137 Å². The number of nitrogens with zero attached hydrogens (tertiary/aromatic N) is 1. The first-order valence-corrected chi connectivity index (χ1v) is 9.74. The predicted octanol–water partition coefficient (Wildman–Crippen LogP) is 2.84. The minimum Gasteiger partial charge on any atom is -0.302 e. The Morgan fingerprint density at radius 1 is 1.32 bits per heavy atom. The lowest BCUT2D eigenvalue weighted by Gasteiger charge is -2.06. The molecule has 0 aliphatic carbocycles. The predicted molar refractivity (Wildman–Crippen MR) is 88.0 cm³/mol. The molecule has 1 aliphatic rings. The lowest BCUT2D eigenvalue weighted by molar-refractivity contribution is -0.119. The van der Waals surface area contributed by atoms with Crippen LogP contribution in [0.4, 0.5) is 5.13 Å². The number of amides is 1. The van der Waals surface area contributed by atoms with Gasteiger partial charge in [0, 0.05) is 16.0 Å². The van der Waals surface area contributed by atoms with Crippen molar-refractivity contribution in [2.45, 2.75) is 6.42 Å². The van der Waals surface area contributed by atoms with E-state index in [4.69, 9.17) is 11.6 Å². The van der Waals surface area contributed by atoms with E-state index in [0.29, 0.717) is 16.6 Å². The van der Waals surface area contributed by atoms with Gasteiger partial charge in [-0.05, 0) is 18.6 Å². The number of aromatic nitrogens is 1. The summed E-state index contributed by atoms with van der Waals surface area (Å²) in [5, 5.41) is 5.66. The quantitative estimate of drug-likeness (QED) is 0.917. The molecule has 0 bridgehead atoms. The van der Waals surface area contributed by atoms with Crippen LogP contribution in [0.2, 0.25) is 5.02 Å². The zero-order chi connectivity index (χ0) is 15.7. The van der Waals surface area contributed by atoms with Gasteiger partial charge in [-0.2, -0.15) is 0 Å². The van der Waals surface area contributed by atoms with E-state index in [0.717, 1.165) is 11.3 Å². The molecule has 116 valence electrons. The molecule has 3 rings (SSSR count). The lowest BCUT2D eigenvalue weighted by atomic mass is 10.1. The van der Waals surface area contributed by atoms with E-state index in [9.17, 15) is 13.2 Å². The number of carbonyl (C=O) groups is 1. The summed E-state index contributed by atoms with van der Waals surface area (Å²) in [5.41, 5.74) is 1.65. The summed E-state index contributed by atoms with van der Waals surface area (Å²) in [7, 11) is -3.06. The highest BCUT2D eigenvalue weighted by Crippen LogP contribution is 2.27. The molecule has 5 nitrogen and oxygen atoms in total. The lowest BCUT2D eigenvalue weighted by Crippen LogP contribution is -2.23. The van der Waals surface area contributed by atoms with Crippen molar-refractivity contribution in [2.75, 3.05) is 16.8 Å². The summed E-state index contributed by atoms with van der Waals surface area (Å²) in [6.07, 6.45) is 0.379. The summed E-state index contributed by atoms with van der Waals surface area (Å²) < 4.78 is 22.8. The van der Waals surface area contributed by atoms with Gasteiger partial charge in [0.05, 0.1) is 23.1 Å². The zero-order valence-corrected chi connectivity index (χ0v) is 13.8. The Bertz CT molecular complexity index is 800. The number of halogens is 1. The van der Waals surface area contributed by atoms with Gasteiger partial charge in [-0.25, -0.2) is 13.4 Å². The van der Waals surface area contributed by atoms with Gasteiger partial charge in [0.15, 0.2) is 15.0 Å². The minimum absolute atomic E-state index is 0.0751. The number of hydrogen-bond donors (Lipinski definition) is 1. The van der Waals surface area contributed by atoms with E-state index in [1.165, 1.54) is 11.3 Å². The van der Waals surface area contributed by atoms with Gasteiger partial charge in [0.2, 0.25) is 5.91 Å². The number of nitrogens with one attached hydrogen (secondary N) is 1. The molecule has 1 unspecified atom stereocenters. The second-order valence-electron chi connectivity index (χ2n) is 5.13. The van der Waals surface area contributed by atoms with Crippen LogP contribution in [-0.2, 0) is 14.6 Å². The van der Waals surface area contributed by atoms with Crippen LogP contribution in [0, 0.1) is 5.92 Å². The Morgan fingerprint density at radius 2 is 2.05 bits per heavy atom. The van der Waals surface area contributed by atoms with Gasteiger partial charge in [-0.15, -0.1) is 11.3 Å². The number of rotatable bonds is 3. The van der Waals surface area contributed by atoms with Crippen molar-refractivity contribution < 1.29 is 13.2 Å². The average Bonchev–Trinajstić information content (AvgIpc) is 3.06. The molecular formula is C14H13ClN2O3S2. The molecule has 8 heteroatoms. The maximum atomic E-state index is 12.1. The number of carbonyl (C=O) groups excluding carboxylic acids is 1. The van der Waals surface area contributed by atoms with E-state index >= 15 is 0 Å². The van der Waals surface area contributed by atoms with Crippen molar-refractivity contribution in [2.24, 2.45) is 5.92 Å². The van der Waals surface area contributed by atoms with Crippen molar-refractivity contribution in [1.29, 1.82) is 0 Å². The second kappa shape index (κ2) is 5.98. The van der Waals surface area contributed by atoms with E-state index in [1.54, 1.807) is 12.1 Å². The summed E-state index contributed by atoms with van der Waals surface area (Å²) in [6.45, 7) is 0. The van der Waals surface area contributed by atoms with E-state index in [1.807, 2.05) is 17.5 Å². The topological polar surface area (TPSA) is 76.1 Å². The summed E-state index contributed by atoms with van der Waals surface area (Å²) in [5.74, 6) is -0.751. The van der Waals surface area contributed by atoms with Crippen LogP contribution >= 0.6 is 22.9 Å². The highest BCUT2D eigenvalue weighted by Gasteiger charge is 2.33. The summed E-state index contributed by atoms with van der Waals surface area (Å²) >= 11 is 7.16. The molecule has 2 aromatic rings. The van der Waals surface area contributed by atoms with Gasteiger partial charge < -0.3 is 5.32 Å². The van der Waals surface area contributed by atoms with Crippen LogP contribution in [0.5, 0.6) is 0 Å². The fourth-order valence-electron chi connectivity index (χ4n) is 2.29. The minimum atomic E-state index is -3.06. The third-order valence-electron chi connectivity index (χ3n) is 3.48.